The topological polar surface area (TPSA) is 8.17 Å². The van der Waals surface area contributed by atoms with Crippen molar-refractivity contribution < 1.29 is 0 Å². The number of fused-ring (bicyclic) bond motifs is 7. The lowest BCUT2D eigenvalue weighted by molar-refractivity contribution is 1.15. The Hall–Kier alpha value is -7.72. The van der Waals surface area contributed by atoms with Crippen molar-refractivity contribution in [1.29, 1.82) is 0 Å². The van der Waals surface area contributed by atoms with E-state index in [-0.39, 0.29) is 0 Å². The van der Waals surface area contributed by atoms with E-state index in [1.54, 1.807) is 0 Å². The molecule has 0 aliphatic heterocycles. The molecule has 2 aromatic heterocycles. The van der Waals surface area contributed by atoms with Crippen LogP contribution in [0, 0.1) is 0 Å². The molecule has 0 atom stereocenters. The third kappa shape index (κ3) is 5.85. The van der Waals surface area contributed by atoms with E-state index in [1.165, 1.54) is 80.6 Å². The van der Waals surface area contributed by atoms with E-state index < -0.39 is 0 Å². The molecular weight excluding hydrogens is 757 g/mol. The third-order valence-corrected chi connectivity index (χ3v) is 13.4. The molecule has 0 aliphatic rings. The molecule has 10 aromatic carbocycles. The van der Waals surface area contributed by atoms with E-state index in [9.17, 15) is 0 Å². The van der Waals surface area contributed by atoms with Crippen LogP contribution in [0.15, 0.2) is 231 Å². The first-order valence-electron chi connectivity index (χ1n) is 20.8. The minimum Gasteiger partial charge on any atom is -0.308 e. The molecule has 0 amide bonds. The number of benzene rings is 10. The van der Waals surface area contributed by atoms with E-state index in [1.807, 2.05) is 11.3 Å². The quantitative estimate of drug-likeness (QED) is 0.156. The van der Waals surface area contributed by atoms with Gasteiger partial charge in [-0.15, -0.1) is 11.3 Å². The second-order valence-electron chi connectivity index (χ2n) is 15.6. The first-order valence-corrected chi connectivity index (χ1v) is 21.7. The standard InChI is InChI=1S/C58H38N2S/c1-2-20-44-40(16-1)17-14-25-45(44)41-36-34-39(35-37-41)42-18-13-19-43(38-42)59(52-28-7-5-23-48(52)50-26-15-27-51-49-24-6-12-33-57(49)61-58(50)51)55-31-10-11-32-56(55)60-53-29-8-3-21-46(53)47-22-4-9-30-54(47)60/h1-38H. The van der Waals surface area contributed by atoms with Crippen LogP contribution in [0.25, 0.3) is 91.8 Å². The van der Waals surface area contributed by atoms with Gasteiger partial charge >= 0.3 is 0 Å². The van der Waals surface area contributed by atoms with Crippen LogP contribution in [0.1, 0.15) is 0 Å². The summed E-state index contributed by atoms with van der Waals surface area (Å²) in [4.78, 5) is 2.48. The van der Waals surface area contributed by atoms with Gasteiger partial charge in [-0.2, -0.15) is 0 Å². The fraction of sp³-hybridized carbons (Fsp3) is 0. The SMILES string of the molecule is c1cc(-c2ccc(-c3cccc4ccccc34)cc2)cc(N(c2ccccc2-c2cccc3c2sc2ccccc23)c2ccccc2-n2c3ccccc3c3ccccc32)c1. The molecule has 2 heterocycles. The number of anilines is 3. The molecule has 0 bridgehead atoms. The Morgan fingerprint density at radius 2 is 0.902 bits per heavy atom. The molecular formula is C58H38N2S. The second kappa shape index (κ2) is 14.5. The predicted molar refractivity (Wildman–Crippen MR) is 262 cm³/mol. The Morgan fingerprint density at radius 1 is 0.344 bits per heavy atom. The molecule has 0 unspecified atom stereocenters. The normalized spacial score (nSPS) is 11.6. The summed E-state index contributed by atoms with van der Waals surface area (Å²) in [5, 5.41) is 7.59. The van der Waals surface area contributed by atoms with E-state index >= 15 is 0 Å². The minimum absolute atomic E-state index is 1.08. The molecule has 61 heavy (non-hydrogen) atoms. The van der Waals surface area contributed by atoms with Gasteiger partial charge in [0.25, 0.3) is 0 Å². The van der Waals surface area contributed by atoms with Crippen molar-refractivity contribution in [3.63, 3.8) is 0 Å². The molecule has 286 valence electrons. The lowest BCUT2D eigenvalue weighted by Gasteiger charge is -2.30. The number of thiophene rings is 1. The van der Waals surface area contributed by atoms with Crippen LogP contribution in [0.2, 0.25) is 0 Å². The highest BCUT2D eigenvalue weighted by atomic mass is 32.1. The fourth-order valence-corrected chi connectivity index (χ4v) is 10.7. The monoisotopic (exact) mass is 794 g/mol. The molecule has 2 nitrogen and oxygen atoms in total. The van der Waals surface area contributed by atoms with Crippen LogP contribution in [0.5, 0.6) is 0 Å². The molecule has 3 heteroatoms. The van der Waals surface area contributed by atoms with Gasteiger partial charge < -0.3 is 9.47 Å². The van der Waals surface area contributed by atoms with Gasteiger partial charge in [0.05, 0.1) is 28.1 Å². The number of aromatic nitrogens is 1. The molecule has 0 saturated heterocycles. The van der Waals surface area contributed by atoms with Crippen LogP contribution >= 0.6 is 11.3 Å². The Kier molecular flexibility index (Phi) is 8.39. The summed E-state index contributed by atoms with van der Waals surface area (Å²) in [6, 6.07) is 84.2. The second-order valence-corrected chi connectivity index (χ2v) is 16.7. The highest BCUT2D eigenvalue weighted by molar-refractivity contribution is 7.26. The Morgan fingerprint density at radius 3 is 1.72 bits per heavy atom. The Balaban J connectivity index is 1.07. The summed E-state index contributed by atoms with van der Waals surface area (Å²) in [5.74, 6) is 0. The van der Waals surface area contributed by atoms with Crippen molar-refractivity contribution in [2.24, 2.45) is 0 Å². The maximum atomic E-state index is 2.48. The summed E-state index contributed by atoms with van der Waals surface area (Å²) in [7, 11) is 0. The lowest BCUT2D eigenvalue weighted by atomic mass is 9.96. The molecule has 0 fully saturated rings. The van der Waals surface area contributed by atoms with Crippen molar-refractivity contribution in [2.45, 2.75) is 0 Å². The van der Waals surface area contributed by atoms with Crippen LogP contribution in [-0.2, 0) is 0 Å². The summed E-state index contributed by atoms with van der Waals surface area (Å²) < 4.78 is 5.04. The predicted octanol–water partition coefficient (Wildman–Crippen LogP) is 16.8. The van der Waals surface area contributed by atoms with Gasteiger partial charge in [0.1, 0.15) is 0 Å². The van der Waals surface area contributed by atoms with E-state index in [0.717, 1.165) is 28.3 Å². The van der Waals surface area contributed by atoms with Crippen molar-refractivity contribution in [1.82, 2.24) is 4.57 Å². The van der Waals surface area contributed by atoms with E-state index in [4.69, 9.17) is 0 Å². The average molecular weight is 795 g/mol. The van der Waals surface area contributed by atoms with E-state index in [0.29, 0.717) is 0 Å². The average Bonchev–Trinajstić information content (AvgIpc) is 3.88. The van der Waals surface area contributed by atoms with Crippen LogP contribution in [0.3, 0.4) is 0 Å². The molecule has 0 spiro atoms. The maximum Gasteiger partial charge on any atom is 0.0702 e. The van der Waals surface area contributed by atoms with Crippen molar-refractivity contribution in [3.05, 3.63) is 231 Å². The van der Waals surface area contributed by atoms with Crippen LogP contribution < -0.4 is 4.90 Å². The Bertz CT molecular complexity index is 3550. The molecule has 0 aliphatic carbocycles. The van der Waals surface area contributed by atoms with Crippen molar-refractivity contribution in [3.8, 4) is 39.1 Å². The number of nitrogens with zero attached hydrogens (tertiary/aromatic N) is 2. The van der Waals surface area contributed by atoms with Gasteiger partial charge in [-0.1, -0.05) is 182 Å². The molecule has 12 aromatic rings. The zero-order valence-electron chi connectivity index (χ0n) is 33.2. The highest BCUT2D eigenvalue weighted by Crippen LogP contribution is 2.48. The van der Waals surface area contributed by atoms with Crippen LogP contribution in [0.4, 0.5) is 17.1 Å². The number of hydrogen-bond acceptors (Lipinski definition) is 2. The summed E-state index contributed by atoms with van der Waals surface area (Å²) in [5.41, 5.74) is 14.0. The summed E-state index contributed by atoms with van der Waals surface area (Å²) in [6.07, 6.45) is 0. The van der Waals surface area contributed by atoms with Crippen molar-refractivity contribution >= 4 is 81.1 Å². The Labute approximate surface area is 358 Å². The lowest BCUT2D eigenvalue weighted by Crippen LogP contribution is -2.14. The highest BCUT2D eigenvalue weighted by Gasteiger charge is 2.24. The molecule has 0 N–H and O–H groups in total. The minimum atomic E-state index is 1.08. The molecule has 0 radical (unpaired) electrons. The number of hydrogen-bond donors (Lipinski definition) is 0. The maximum absolute atomic E-state index is 2.48. The van der Waals surface area contributed by atoms with Gasteiger partial charge in [0.15, 0.2) is 0 Å². The van der Waals surface area contributed by atoms with Gasteiger partial charge in [0, 0.05) is 47.8 Å². The number of para-hydroxylation sites is 5. The van der Waals surface area contributed by atoms with Gasteiger partial charge in [0.2, 0.25) is 0 Å². The van der Waals surface area contributed by atoms with Crippen LogP contribution in [-0.4, -0.2) is 4.57 Å². The fourth-order valence-electron chi connectivity index (χ4n) is 9.43. The molecule has 12 rings (SSSR count). The van der Waals surface area contributed by atoms with E-state index in [2.05, 4.69) is 240 Å². The van der Waals surface area contributed by atoms with Crippen molar-refractivity contribution in [2.75, 3.05) is 4.90 Å². The smallest absolute Gasteiger partial charge is 0.0702 e. The molecule has 0 saturated carbocycles. The third-order valence-electron chi connectivity index (χ3n) is 12.2. The van der Waals surface area contributed by atoms with Gasteiger partial charge in [-0.3, -0.25) is 0 Å². The summed E-state index contributed by atoms with van der Waals surface area (Å²) in [6.45, 7) is 0. The first-order chi connectivity index (χ1) is 30.3. The van der Waals surface area contributed by atoms with Gasteiger partial charge in [-0.05, 0) is 81.6 Å². The zero-order chi connectivity index (χ0) is 40.3. The largest absolute Gasteiger partial charge is 0.308 e. The first kappa shape index (κ1) is 35.2. The van der Waals surface area contributed by atoms with Gasteiger partial charge in [-0.25, -0.2) is 0 Å². The zero-order valence-corrected chi connectivity index (χ0v) is 34.1. The summed E-state index contributed by atoms with van der Waals surface area (Å²) >= 11 is 1.88. The number of rotatable bonds is 7.